The normalized spacial score (nSPS) is 19.2. The predicted molar refractivity (Wildman–Crippen MR) is 77.4 cm³/mol. The molecule has 1 aliphatic rings. The van der Waals surface area contributed by atoms with E-state index in [1.54, 1.807) is 0 Å². The molecule has 0 spiro atoms. The zero-order valence-corrected chi connectivity index (χ0v) is 11.9. The molecule has 0 saturated carbocycles. The van der Waals surface area contributed by atoms with Gasteiger partial charge in [-0.25, -0.2) is 9.97 Å². The molecular weight excluding hydrogens is 291 g/mol. The van der Waals surface area contributed by atoms with Crippen molar-refractivity contribution >= 4 is 5.95 Å². The van der Waals surface area contributed by atoms with Gasteiger partial charge in [0.25, 0.3) is 0 Å². The number of hydrogen-bond donors (Lipinski definition) is 0. The lowest BCUT2D eigenvalue weighted by molar-refractivity contribution is -0.141. The van der Waals surface area contributed by atoms with Crippen molar-refractivity contribution in [1.82, 2.24) is 9.97 Å². The van der Waals surface area contributed by atoms with Crippen LogP contribution in [0.4, 0.5) is 19.1 Å². The second-order valence-corrected chi connectivity index (χ2v) is 5.36. The molecule has 116 valence electrons. The Morgan fingerprint density at radius 1 is 1.05 bits per heavy atom. The number of alkyl halides is 3. The third-order valence-corrected chi connectivity index (χ3v) is 3.88. The Kier molecular flexibility index (Phi) is 4.00. The highest BCUT2D eigenvalue weighted by Crippen LogP contribution is 2.34. The van der Waals surface area contributed by atoms with Crippen LogP contribution in [0.3, 0.4) is 0 Å². The number of piperidine rings is 1. The molecule has 0 radical (unpaired) electrons. The van der Waals surface area contributed by atoms with Crippen molar-refractivity contribution in [2.45, 2.75) is 31.5 Å². The monoisotopic (exact) mass is 307 g/mol. The van der Waals surface area contributed by atoms with Gasteiger partial charge >= 0.3 is 6.18 Å². The molecule has 1 aromatic carbocycles. The molecule has 0 amide bonds. The summed E-state index contributed by atoms with van der Waals surface area (Å²) >= 11 is 0. The number of nitrogens with zero attached hydrogens (tertiary/aromatic N) is 3. The number of anilines is 1. The maximum atomic E-state index is 12.8. The fraction of sp³-hybridized carbons (Fsp3) is 0.375. The maximum Gasteiger partial charge on any atom is 0.433 e. The van der Waals surface area contributed by atoms with Gasteiger partial charge in [0.1, 0.15) is 5.69 Å². The molecule has 3 nitrogen and oxygen atoms in total. The predicted octanol–water partition coefficient (Wildman–Crippen LogP) is 4.23. The van der Waals surface area contributed by atoms with Crippen LogP contribution in [0.15, 0.2) is 42.6 Å². The molecule has 1 atom stereocenters. The van der Waals surface area contributed by atoms with Gasteiger partial charge in [-0.05, 0) is 30.9 Å². The van der Waals surface area contributed by atoms with Gasteiger partial charge in [-0.15, -0.1) is 0 Å². The molecule has 1 fully saturated rings. The lowest BCUT2D eigenvalue weighted by Crippen LogP contribution is -2.35. The highest BCUT2D eigenvalue weighted by Gasteiger charge is 2.34. The van der Waals surface area contributed by atoms with Gasteiger partial charge < -0.3 is 4.90 Å². The van der Waals surface area contributed by atoms with Crippen molar-refractivity contribution in [2.24, 2.45) is 0 Å². The van der Waals surface area contributed by atoms with E-state index in [9.17, 15) is 13.2 Å². The van der Waals surface area contributed by atoms with Gasteiger partial charge in [-0.3, -0.25) is 0 Å². The average Bonchev–Trinajstić information content (AvgIpc) is 2.55. The Hall–Kier alpha value is -2.11. The Morgan fingerprint density at radius 3 is 2.55 bits per heavy atom. The molecule has 2 heterocycles. The Balaban J connectivity index is 1.94. The topological polar surface area (TPSA) is 29.0 Å². The molecular formula is C16H16F3N3. The minimum Gasteiger partial charge on any atom is -0.334 e. The van der Waals surface area contributed by atoms with Crippen LogP contribution in [-0.4, -0.2) is 16.5 Å². The Labute approximate surface area is 126 Å². The molecule has 1 saturated heterocycles. The fourth-order valence-electron chi connectivity index (χ4n) is 2.84. The van der Waals surface area contributed by atoms with Crippen LogP contribution in [0.5, 0.6) is 0 Å². The quantitative estimate of drug-likeness (QED) is 0.831. The number of aromatic nitrogens is 2. The average molecular weight is 307 g/mol. The SMILES string of the molecule is FC(F)(F)c1ccnc(N2CCCC[C@H]2c2ccccc2)n1. The summed E-state index contributed by atoms with van der Waals surface area (Å²) in [6.45, 7) is 0.668. The lowest BCUT2D eigenvalue weighted by atomic mass is 9.95. The van der Waals surface area contributed by atoms with Gasteiger partial charge in [0, 0.05) is 12.7 Å². The van der Waals surface area contributed by atoms with E-state index in [4.69, 9.17) is 0 Å². The zero-order chi connectivity index (χ0) is 15.6. The molecule has 2 aromatic rings. The summed E-state index contributed by atoms with van der Waals surface area (Å²) in [6, 6.07) is 10.7. The van der Waals surface area contributed by atoms with Crippen molar-refractivity contribution in [3.8, 4) is 0 Å². The summed E-state index contributed by atoms with van der Waals surface area (Å²) in [5.74, 6) is 0.156. The minimum atomic E-state index is -4.45. The van der Waals surface area contributed by atoms with Crippen LogP contribution >= 0.6 is 0 Å². The van der Waals surface area contributed by atoms with Crippen LogP contribution in [0, 0.1) is 0 Å². The van der Waals surface area contributed by atoms with E-state index in [0.29, 0.717) is 6.54 Å². The third kappa shape index (κ3) is 3.05. The summed E-state index contributed by atoms with van der Waals surface area (Å²) in [7, 11) is 0. The summed E-state index contributed by atoms with van der Waals surface area (Å²) in [5.41, 5.74) is 0.193. The summed E-state index contributed by atoms with van der Waals surface area (Å²) in [6.07, 6.45) is -0.390. The molecule has 6 heteroatoms. The minimum absolute atomic E-state index is 0.0263. The smallest absolute Gasteiger partial charge is 0.334 e. The summed E-state index contributed by atoms with van der Waals surface area (Å²) in [4.78, 5) is 9.68. The van der Waals surface area contributed by atoms with E-state index in [1.807, 2.05) is 35.2 Å². The first-order valence-corrected chi connectivity index (χ1v) is 7.27. The van der Waals surface area contributed by atoms with Crippen LogP contribution in [0.25, 0.3) is 0 Å². The van der Waals surface area contributed by atoms with Gasteiger partial charge in [-0.2, -0.15) is 13.2 Å². The molecule has 1 aliphatic heterocycles. The van der Waals surface area contributed by atoms with Crippen molar-refractivity contribution < 1.29 is 13.2 Å². The molecule has 0 unspecified atom stereocenters. The highest BCUT2D eigenvalue weighted by molar-refractivity contribution is 5.38. The molecule has 0 N–H and O–H groups in total. The van der Waals surface area contributed by atoms with E-state index in [0.717, 1.165) is 30.9 Å². The second-order valence-electron chi connectivity index (χ2n) is 5.36. The highest BCUT2D eigenvalue weighted by atomic mass is 19.4. The first-order valence-electron chi connectivity index (χ1n) is 7.27. The van der Waals surface area contributed by atoms with Crippen molar-refractivity contribution in [3.63, 3.8) is 0 Å². The first kappa shape index (κ1) is 14.8. The van der Waals surface area contributed by atoms with Crippen LogP contribution in [0.1, 0.15) is 36.6 Å². The third-order valence-electron chi connectivity index (χ3n) is 3.88. The van der Waals surface area contributed by atoms with E-state index in [2.05, 4.69) is 9.97 Å². The first-order chi connectivity index (χ1) is 10.6. The van der Waals surface area contributed by atoms with Gasteiger partial charge in [0.2, 0.25) is 5.95 Å². The Bertz CT molecular complexity index is 628. The maximum absolute atomic E-state index is 12.8. The van der Waals surface area contributed by atoms with Gasteiger partial charge in [0.05, 0.1) is 6.04 Å². The molecule has 0 aliphatic carbocycles. The summed E-state index contributed by atoms with van der Waals surface area (Å²) in [5, 5.41) is 0. The number of halogens is 3. The zero-order valence-electron chi connectivity index (χ0n) is 11.9. The molecule has 1 aromatic heterocycles. The van der Waals surface area contributed by atoms with E-state index >= 15 is 0 Å². The van der Waals surface area contributed by atoms with E-state index in [1.165, 1.54) is 6.20 Å². The van der Waals surface area contributed by atoms with E-state index < -0.39 is 11.9 Å². The molecule has 0 bridgehead atoms. The van der Waals surface area contributed by atoms with Gasteiger partial charge in [-0.1, -0.05) is 30.3 Å². The van der Waals surface area contributed by atoms with Crippen LogP contribution < -0.4 is 4.90 Å². The van der Waals surface area contributed by atoms with Crippen LogP contribution in [0.2, 0.25) is 0 Å². The van der Waals surface area contributed by atoms with Crippen molar-refractivity contribution in [2.75, 3.05) is 11.4 Å². The molecule has 22 heavy (non-hydrogen) atoms. The summed E-state index contributed by atoms with van der Waals surface area (Å²) < 4.78 is 38.5. The van der Waals surface area contributed by atoms with Crippen LogP contribution in [-0.2, 0) is 6.18 Å². The number of benzene rings is 1. The largest absolute Gasteiger partial charge is 0.433 e. The van der Waals surface area contributed by atoms with E-state index in [-0.39, 0.29) is 12.0 Å². The number of rotatable bonds is 2. The van der Waals surface area contributed by atoms with Crippen molar-refractivity contribution in [1.29, 1.82) is 0 Å². The lowest BCUT2D eigenvalue weighted by Gasteiger charge is -2.36. The Morgan fingerprint density at radius 2 is 1.82 bits per heavy atom. The van der Waals surface area contributed by atoms with Crippen molar-refractivity contribution in [3.05, 3.63) is 53.9 Å². The number of hydrogen-bond acceptors (Lipinski definition) is 3. The van der Waals surface area contributed by atoms with Gasteiger partial charge in [0.15, 0.2) is 0 Å². The molecule has 3 rings (SSSR count). The standard InChI is InChI=1S/C16H16F3N3/c17-16(18,19)14-9-10-20-15(21-14)22-11-5-4-8-13(22)12-6-2-1-3-7-12/h1-3,6-7,9-10,13H,4-5,8,11H2/t13-/m0/s1. The fourth-order valence-corrected chi connectivity index (χ4v) is 2.84. The second kappa shape index (κ2) is 5.94.